The van der Waals surface area contributed by atoms with Crippen LogP contribution < -0.4 is 5.56 Å². The second-order valence-corrected chi connectivity index (χ2v) is 6.77. The highest BCUT2D eigenvalue weighted by atomic mass is 16.3. The van der Waals surface area contributed by atoms with Gasteiger partial charge < -0.3 is 5.11 Å². The first-order valence-electron chi connectivity index (χ1n) is 9.65. The van der Waals surface area contributed by atoms with Crippen LogP contribution in [0.2, 0.25) is 0 Å². The predicted octanol–water partition coefficient (Wildman–Crippen LogP) is 5.06. The largest absolute Gasteiger partial charge is 0.505 e. The molecule has 0 saturated carbocycles. The van der Waals surface area contributed by atoms with Crippen molar-refractivity contribution in [3.05, 3.63) is 124 Å². The molecule has 7 nitrogen and oxygen atoms in total. The van der Waals surface area contributed by atoms with Crippen molar-refractivity contribution in [3.63, 3.8) is 0 Å². The minimum Gasteiger partial charge on any atom is -0.505 e. The number of rotatable bonds is 5. The van der Waals surface area contributed by atoms with Crippen molar-refractivity contribution in [1.29, 1.82) is 5.26 Å². The van der Waals surface area contributed by atoms with Crippen LogP contribution in [0, 0.1) is 11.3 Å². The fourth-order valence-corrected chi connectivity index (χ4v) is 3.16. The molecule has 154 valence electrons. The third kappa shape index (κ3) is 3.93. The maximum atomic E-state index is 13.1. The molecule has 7 heteroatoms. The van der Waals surface area contributed by atoms with Crippen molar-refractivity contribution in [2.24, 2.45) is 10.2 Å². The lowest BCUT2D eigenvalue weighted by molar-refractivity contribution is 0.103. The molecule has 2 aromatic carbocycles. The Bertz CT molecular complexity index is 1460. The van der Waals surface area contributed by atoms with Gasteiger partial charge >= 0.3 is 0 Å². The highest BCUT2D eigenvalue weighted by molar-refractivity contribution is 6.12. The van der Waals surface area contributed by atoms with Gasteiger partial charge in [0, 0.05) is 17.3 Å². The molecule has 4 aromatic rings. The number of azo groups is 1. The molecule has 2 aromatic heterocycles. The van der Waals surface area contributed by atoms with Crippen LogP contribution in [0.1, 0.15) is 21.5 Å². The summed E-state index contributed by atoms with van der Waals surface area (Å²) in [4.78, 5) is 25.9. The molecule has 0 radical (unpaired) electrons. The SMILES string of the molecule is N#Cc1cc(N=N/C(C(=O)c2ccccc2)=C(/O)c2ccccc2)c(=O)n2ccccc12. The average molecular weight is 420 g/mol. The summed E-state index contributed by atoms with van der Waals surface area (Å²) < 4.78 is 1.28. The Morgan fingerprint density at radius 2 is 1.53 bits per heavy atom. The fraction of sp³-hybridized carbons (Fsp3) is 0. The van der Waals surface area contributed by atoms with E-state index in [-0.39, 0.29) is 22.7 Å². The minimum absolute atomic E-state index is 0.135. The van der Waals surface area contributed by atoms with Crippen LogP contribution in [-0.2, 0) is 0 Å². The summed E-state index contributed by atoms with van der Waals surface area (Å²) in [6.07, 6.45) is 1.52. The molecule has 0 amide bonds. The first kappa shape index (κ1) is 20.4. The van der Waals surface area contributed by atoms with E-state index in [0.29, 0.717) is 16.6 Å². The normalized spacial score (nSPS) is 11.8. The number of hydrogen-bond donors (Lipinski definition) is 1. The van der Waals surface area contributed by atoms with Crippen LogP contribution in [0.4, 0.5) is 5.69 Å². The monoisotopic (exact) mass is 420 g/mol. The molecule has 0 unspecified atom stereocenters. The van der Waals surface area contributed by atoms with Crippen LogP contribution in [0.3, 0.4) is 0 Å². The molecule has 32 heavy (non-hydrogen) atoms. The van der Waals surface area contributed by atoms with Crippen LogP contribution >= 0.6 is 0 Å². The first-order chi connectivity index (χ1) is 15.6. The number of aliphatic hydroxyl groups excluding tert-OH is 1. The first-order valence-corrected chi connectivity index (χ1v) is 9.65. The Kier molecular flexibility index (Phi) is 5.68. The van der Waals surface area contributed by atoms with Crippen molar-refractivity contribution in [2.75, 3.05) is 0 Å². The van der Waals surface area contributed by atoms with Crippen LogP contribution in [0.15, 0.2) is 112 Å². The number of Topliss-reactive ketones (excluding diaryl/α,β-unsaturated/α-hetero) is 1. The number of pyridine rings is 2. The lowest BCUT2D eigenvalue weighted by atomic mass is 10.1. The summed E-state index contributed by atoms with van der Waals surface area (Å²) in [5.41, 5.74) is 0.376. The quantitative estimate of drug-likeness (QED) is 0.211. The third-order valence-corrected chi connectivity index (χ3v) is 4.76. The van der Waals surface area contributed by atoms with E-state index in [0.717, 1.165) is 0 Å². The molecule has 0 fully saturated rings. The maximum Gasteiger partial charge on any atom is 0.282 e. The zero-order chi connectivity index (χ0) is 22.5. The number of nitriles is 1. The second-order valence-electron chi connectivity index (χ2n) is 6.77. The number of ketones is 1. The van der Waals surface area contributed by atoms with Gasteiger partial charge in [-0.3, -0.25) is 14.0 Å². The Morgan fingerprint density at radius 3 is 2.19 bits per heavy atom. The van der Waals surface area contributed by atoms with Gasteiger partial charge in [-0.25, -0.2) is 0 Å². The summed E-state index contributed by atoms with van der Waals surface area (Å²) in [6, 6.07) is 25.1. The topological polar surface area (TPSA) is 107 Å². The smallest absolute Gasteiger partial charge is 0.282 e. The molecule has 0 bridgehead atoms. The fourth-order valence-electron chi connectivity index (χ4n) is 3.16. The van der Waals surface area contributed by atoms with E-state index in [1.807, 2.05) is 6.07 Å². The van der Waals surface area contributed by atoms with Gasteiger partial charge in [0.1, 0.15) is 6.07 Å². The minimum atomic E-state index is -0.558. The number of allylic oxidation sites excluding steroid dienone is 1. The van der Waals surface area contributed by atoms with Gasteiger partial charge in [0.25, 0.3) is 5.56 Å². The Morgan fingerprint density at radius 1 is 0.906 bits per heavy atom. The molecule has 0 saturated heterocycles. The Hall–Kier alpha value is -4.83. The van der Waals surface area contributed by atoms with Gasteiger partial charge in [0.2, 0.25) is 5.78 Å². The van der Waals surface area contributed by atoms with E-state index < -0.39 is 11.3 Å². The summed E-state index contributed by atoms with van der Waals surface area (Å²) in [7, 11) is 0. The standard InChI is InChI=1S/C25H16N4O3/c26-16-19-15-20(25(32)29-14-8-7-13-21(19)29)27-28-22(23(30)17-9-3-1-4-10-17)24(31)18-11-5-2-6-12-18/h1-15,30H/b23-22+,28-27?. The zero-order valence-electron chi connectivity index (χ0n) is 16.7. The number of aromatic nitrogens is 1. The Labute approximate surface area is 182 Å². The van der Waals surface area contributed by atoms with Crippen molar-refractivity contribution in [2.45, 2.75) is 0 Å². The van der Waals surface area contributed by atoms with E-state index in [4.69, 9.17) is 0 Å². The predicted molar refractivity (Wildman–Crippen MR) is 120 cm³/mol. The highest BCUT2D eigenvalue weighted by Crippen LogP contribution is 2.23. The summed E-state index contributed by atoms with van der Waals surface area (Å²) in [6.45, 7) is 0. The van der Waals surface area contributed by atoms with E-state index in [9.17, 15) is 20.0 Å². The molecular formula is C25H16N4O3. The number of benzene rings is 2. The van der Waals surface area contributed by atoms with E-state index in [1.54, 1.807) is 78.9 Å². The number of fused-ring (bicyclic) bond motifs is 1. The number of carbonyl (C=O) groups is 1. The maximum absolute atomic E-state index is 13.1. The molecule has 0 aliphatic rings. The molecule has 0 aliphatic heterocycles. The summed E-state index contributed by atoms with van der Waals surface area (Å²) in [5, 5.41) is 28.2. The lowest BCUT2D eigenvalue weighted by Crippen LogP contribution is -2.13. The van der Waals surface area contributed by atoms with Crippen LogP contribution in [-0.4, -0.2) is 15.3 Å². The average Bonchev–Trinajstić information content (AvgIpc) is 2.86. The molecule has 1 N–H and O–H groups in total. The molecule has 0 spiro atoms. The molecular weight excluding hydrogens is 404 g/mol. The van der Waals surface area contributed by atoms with Gasteiger partial charge in [0.15, 0.2) is 17.1 Å². The third-order valence-electron chi connectivity index (χ3n) is 4.76. The van der Waals surface area contributed by atoms with Crippen LogP contribution in [0.5, 0.6) is 0 Å². The molecule has 0 aliphatic carbocycles. The van der Waals surface area contributed by atoms with Crippen molar-refractivity contribution in [1.82, 2.24) is 4.40 Å². The molecule has 4 rings (SSSR count). The van der Waals surface area contributed by atoms with E-state index in [1.165, 1.54) is 16.7 Å². The Balaban J connectivity index is 1.87. The highest BCUT2D eigenvalue weighted by Gasteiger charge is 2.19. The summed E-state index contributed by atoms with van der Waals surface area (Å²) >= 11 is 0. The van der Waals surface area contributed by atoms with Crippen molar-refractivity contribution in [3.8, 4) is 6.07 Å². The van der Waals surface area contributed by atoms with Gasteiger partial charge in [-0.05, 0) is 18.2 Å². The van der Waals surface area contributed by atoms with Crippen molar-refractivity contribution < 1.29 is 9.90 Å². The number of hydrogen-bond acceptors (Lipinski definition) is 6. The molecule has 0 atom stereocenters. The van der Waals surface area contributed by atoms with Crippen LogP contribution in [0.25, 0.3) is 11.3 Å². The van der Waals surface area contributed by atoms with Gasteiger partial charge in [-0.1, -0.05) is 66.7 Å². The van der Waals surface area contributed by atoms with Crippen molar-refractivity contribution >= 4 is 22.7 Å². The number of carbonyl (C=O) groups excluding carboxylic acids is 1. The number of aliphatic hydroxyl groups is 1. The van der Waals surface area contributed by atoms with E-state index in [2.05, 4.69) is 10.2 Å². The van der Waals surface area contributed by atoms with Gasteiger partial charge in [-0.2, -0.15) is 5.26 Å². The summed E-state index contributed by atoms with van der Waals surface area (Å²) in [5.74, 6) is -0.929. The number of nitrogens with zero attached hydrogens (tertiary/aromatic N) is 4. The molecule has 2 heterocycles. The van der Waals surface area contributed by atoms with Gasteiger partial charge in [0.05, 0.1) is 11.1 Å². The van der Waals surface area contributed by atoms with E-state index >= 15 is 0 Å². The van der Waals surface area contributed by atoms with Gasteiger partial charge in [-0.15, -0.1) is 10.2 Å². The zero-order valence-corrected chi connectivity index (χ0v) is 16.7. The lowest BCUT2D eigenvalue weighted by Gasteiger charge is -2.06. The second kappa shape index (κ2) is 8.90.